The minimum atomic E-state index is -0.596. The largest absolute Gasteiger partial charge is 0.205 e. The highest BCUT2D eigenvalue weighted by Crippen LogP contribution is 2.17. The molecule has 13 heavy (non-hydrogen) atoms. The van der Waals surface area contributed by atoms with Gasteiger partial charge in [-0.1, -0.05) is 17.7 Å². The zero-order chi connectivity index (χ0) is 9.84. The number of nitrogens with zero attached hydrogens (tertiary/aromatic N) is 1. The molecule has 0 saturated heterocycles. The van der Waals surface area contributed by atoms with E-state index >= 15 is 0 Å². The Labute approximate surface area is 85.7 Å². The summed E-state index contributed by atoms with van der Waals surface area (Å²) in [6.07, 6.45) is 0.373. The van der Waals surface area contributed by atoms with Gasteiger partial charge in [0.1, 0.15) is 11.2 Å². The zero-order valence-electron chi connectivity index (χ0n) is 6.60. The second-order valence-corrected chi connectivity index (χ2v) is 3.48. The Balaban J connectivity index is 2.81. The molecule has 1 atom stereocenters. The molecule has 4 heteroatoms. The van der Waals surface area contributed by atoms with E-state index in [9.17, 15) is 4.39 Å². The number of nitriles is 1. The van der Waals surface area contributed by atoms with Crippen LogP contribution in [0.4, 0.5) is 4.39 Å². The Hall–Kier alpha value is -0.780. The lowest BCUT2D eigenvalue weighted by atomic mass is 10.1. The maximum Gasteiger partial charge on any atom is 0.141 e. The van der Waals surface area contributed by atoms with Crippen LogP contribution in [0.5, 0.6) is 0 Å². The van der Waals surface area contributed by atoms with Crippen molar-refractivity contribution in [2.75, 3.05) is 0 Å². The van der Waals surface area contributed by atoms with Crippen molar-refractivity contribution >= 4 is 23.2 Å². The summed E-state index contributed by atoms with van der Waals surface area (Å²) in [5, 5.41) is 7.89. The van der Waals surface area contributed by atoms with Gasteiger partial charge >= 0.3 is 0 Å². The topological polar surface area (TPSA) is 23.8 Å². The van der Waals surface area contributed by atoms with Gasteiger partial charge < -0.3 is 0 Å². The molecule has 0 aliphatic heterocycles. The van der Waals surface area contributed by atoms with Crippen LogP contribution < -0.4 is 0 Å². The highest BCUT2D eigenvalue weighted by Gasteiger charge is 2.06. The molecule has 1 aromatic rings. The van der Waals surface area contributed by atoms with E-state index in [4.69, 9.17) is 28.5 Å². The summed E-state index contributed by atoms with van der Waals surface area (Å²) < 4.78 is 12.7. The molecule has 0 amide bonds. The Morgan fingerprint density at radius 1 is 1.54 bits per heavy atom. The molecular formula is C9H6Cl2FN. The number of rotatable bonds is 2. The van der Waals surface area contributed by atoms with Gasteiger partial charge in [-0.3, -0.25) is 0 Å². The Kier molecular flexibility index (Phi) is 3.53. The third kappa shape index (κ3) is 2.87. The lowest BCUT2D eigenvalue weighted by Gasteiger charge is -2.02. The van der Waals surface area contributed by atoms with Gasteiger partial charge in [-0.2, -0.15) is 5.26 Å². The summed E-state index contributed by atoms with van der Waals surface area (Å²) >= 11 is 11.1. The van der Waals surface area contributed by atoms with Crippen molar-refractivity contribution in [3.05, 3.63) is 34.6 Å². The summed E-state index contributed by atoms with van der Waals surface area (Å²) in [5.74, 6) is -0.464. The molecule has 1 unspecified atom stereocenters. The van der Waals surface area contributed by atoms with Gasteiger partial charge in [-0.15, -0.1) is 11.6 Å². The van der Waals surface area contributed by atoms with E-state index in [1.54, 1.807) is 6.07 Å². The van der Waals surface area contributed by atoms with Crippen molar-refractivity contribution in [2.45, 2.75) is 11.8 Å². The molecule has 1 aromatic carbocycles. The molecule has 68 valence electrons. The first-order valence-electron chi connectivity index (χ1n) is 3.61. The molecule has 1 rings (SSSR count). The first-order valence-corrected chi connectivity index (χ1v) is 4.42. The van der Waals surface area contributed by atoms with Crippen LogP contribution >= 0.6 is 23.2 Å². The van der Waals surface area contributed by atoms with Crippen molar-refractivity contribution in [1.82, 2.24) is 0 Å². The average molecular weight is 218 g/mol. The molecule has 0 bridgehead atoms. The molecule has 0 aliphatic carbocycles. The number of hydrogen-bond acceptors (Lipinski definition) is 1. The normalized spacial score (nSPS) is 12.2. The number of halogens is 3. The van der Waals surface area contributed by atoms with Crippen LogP contribution in [0.25, 0.3) is 0 Å². The van der Waals surface area contributed by atoms with Crippen LogP contribution in [0.1, 0.15) is 5.56 Å². The van der Waals surface area contributed by atoms with Crippen molar-refractivity contribution in [2.24, 2.45) is 0 Å². The molecule has 0 spiro atoms. The lowest BCUT2D eigenvalue weighted by molar-refractivity contribution is 0.627. The minimum absolute atomic E-state index is 0.0549. The fourth-order valence-electron chi connectivity index (χ4n) is 0.919. The zero-order valence-corrected chi connectivity index (χ0v) is 8.11. The Morgan fingerprint density at radius 3 is 2.77 bits per heavy atom. The van der Waals surface area contributed by atoms with Crippen molar-refractivity contribution in [3.63, 3.8) is 0 Å². The second-order valence-electron chi connectivity index (χ2n) is 2.55. The molecule has 0 saturated carbocycles. The molecular weight excluding hydrogens is 212 g/mol. The van der Waals surface area contributed by atoms with E-state index < -0.39 is 11.2 Å². The van der Waals surface area contributed by atoms with Gasteiger partial charge in [0.05, 0.1) is 11.1 Å². The fraction of sp³-hybridized carbons (Fsp3) is 0.222. The maximum atomic E-state index is 12.7. The van der Waals surface area contributed by atoms with Crippen LogP contribution in [0, 0.1) is 17.1 Å². The summed E-state index contributed by atoms with van der Waals surface area (Å²) in [5.41, 5.74) is 0.757. The monoisotopic (exact) mass is 217 g/mol. The van der Waals surface area contributed by atoms with E-state index in [1.807, 2.05) is 6.07 Å². The van der Waals surface area contributed by atoms with E-state index in [0.29, 0.717) is 6.42 Å². The highest BCUT2D eigenvalue weighted by atomic mass is 35.5. The van der Waals surface area contributed by atoms with Crippen LogP contribution in [0.15, 0.2) is 18.2 Å². The smallest absolute Gasteiger partial charge is 0.141 e. The highest BCUT2D eigenvalue weighted by molar-refractivity contribution is 6.30. The van der Waals surface area contributed by atoms with Crippen LogP contribution in [-0.2, 0) is 6.42 Å². The van der Waals surface area contributed by atoms with Crippen molar-refractivity contribution in [1.29, 1.82) is 5.26 Å². The summed E-state index contributed by atoms with van der Waals surface area (Å²) in [6, 6.07) is 6.18. The third-order valence-corrected chi connectivity index (χ3v) is 2.08. The molecule has 0 aliphatic rings. The van der Waals surface area contributed by atoms with Crippen LogP contribution in [0.2, 0.25) is 5.02 Å². The predicted molar refractivity (Wildman–Crippen MR) is 50.4 cm³/mol. The third-order valence-electron chi connectivity index (χ3n) is 1.54. The van der Waals surface area contributed by atoms with Gasteiger partial charge in [-0.25, -0.2) is 4.39 Å². The second kappa shape index (κ2) is 4.45. The first kappa shape index (κ1) is 10.3. The molecule has 0 fully saturated rings. The number of hydrogen-bond donors (Lipinski definition) is 0. The predicted octanol–water partition coefficient (Wildman–Crippen LogP) is 3.15. The molecule has 0 radical (unpaired) electrons. The molecule has 0 N–H and O–H groups in total. The quantitative estimate of drug-likeness (QED) is 0.699. The van der Waals surface area contributed by atoms with Gasteiger partial charge in [0.2, 0.25) is 0 Å². The van der Waals surface area contributed by atoms with Crippen molar-refractivity contribution in [3.8, 4) is 6.07 Å². The van der Waals surface area contributed by atoms with Gasteiger partial charge in [0, 0.05) is 6.42 Å². The summed E-state index contributed by atoms with van der Waals surface area (Å²) in [4.78, 5) is 0. The fourth-order valence-corrected chi connectivity index (χ4v) is 1.30. The van der Waals surface area contributed by atoms with Crippen LogP contribution in [0.3, 0.4) is 0 Å². The Bertz CT molecular complexity index is 346. The standard InChI is InChI=1S/C9H6Cl2FN/c10-7(5-13)3-6-1-2-9(12)8(11)4-6/h1-2,4,7H,3H2. The minimum Gasteiger partial charge on any atom is -0.205 e. The van der Waals surface area contributed by atoms with E-state index in [2.05, 4.69) is 0 Å². The summed E-state index contributed by atoms with van der Waals surface area (Å²) in [7, 11) is 0. The lowest BCUT2D eigenvalue weighted by Crippen LogP contribution is -1.99. The van der Waals surface area contributed by atoms with Gasteiger partial charge in [-0.05, 0) is 17.7 Å². The van der Waals surface area contributed by atoms with Crippen molar-refractivity contribution < 1.29 is 4.39 Å². The summed E-state index contributed by atoms with van der Waals surface area (Å²) in [6.45, 7) is 0. The SMILES string of the molecule is N#CC(Cl)Cc1ccc(F)c(Cl)c1. The van der Waals surface area contributed by atoms with Crippen LogP contribution in [-0.4, -0.2) is 5.38 Å². The Morgan fingerprint density at radius 2 is 2.23 bits per heavy atom. The van der Waals surface area contributed by atoms with Gasteiger partial charge in [0.25, 0.3) is 0 Å². The molecule has 0 aromatic heterocycles. The number of benzene rings is 1. The van der Waals surface area contributed by atoms with Gasteiger partial charge in [0.15, 0.2) is 0 Å². The van der Waals surface area contributed by atoms with E-state index in [0.717, 1.165) is 5.56 Å². The van der Waals surface area contributed by atoms with E-state index in [1.165, 1.54) is 12.1 Å². The first-order chi connectivity index (χ1) is 6.13. The number of alkyl halides is 1. The average Bonchev–Trinajstić information content (AvgIpc) is 2.11. The molecule has 0 heterocycles. The molecule has 1 nitrogen and oxygen atoms in total. The van der Waals surface area contributed by atoms with E-state index in [-0.39, 0.29) is 5.02 Å². The maximum absolute atomic E-state index is 12.7.